The number of unbranched alkanes of at least 4 members (excludes halogenated alkanes) is 3. The average Bonchev–Trinajstić information content (AvgIpc) is 2.31. The molecular weight excluding hydrogens is 286 g/mol. The number of hydrogen-bond acceptors (Lipinski definition) is 5. The molecule has 6 nitrogen and oxygen atoms in total. The van der Waals surface area contributed by atoms with Crippen molar-refractivity contribution in [2.75, 3.05) is 27.7 Å². The van der Waals surface area contributed by atoms with Gasteiger partial charge in [-0.3, -0.25) is 4.79 Å². The van der Waals surface area contributed by atoms with Gasteiger partial charge in [0.15, 0.2) is 11.4 Å². The minimum Gasteiger partial charge on any atom is -0.550 e. The first kappa shape index (κ1) is 21.0. The second kappa shape index (κ2) is 9.22. The van der Waals surface area contributed by atoms with Crippen molar-refractivity contribution < 1.29 is 29.4 Å². The molecular formula is C16H31NO5. The van der Waals surface area contributed by atoms with E-state index in [-0.39, 0.29) is 17.4 Å². The molecule has 130 valence electrons. The first-order chi connectivity index (χ1) is 10.00. The van der Waals surface area contributed by atoms with Crippen LogP contribution in [0.15, 0.2) is 0 Å². The molecule has 0 bridgehead atoms. The van der Waals surface area contributed by atoms with Crippen molar-refractivity contribution in [3.05, 3.63) is 0 Å². The second-order valence-corrected chi connectivity index (χ2v) is 7.16. The molecule has 0 amide bonds. The molecule has 0 saturated heterocycles. The predicted octanol–water partition coefficient (Wildman–Crippen LogP) is -0.146. The Morgan fingerprint density at radius 3 is 2.23 bits per heavy atom. The Hall–Kier alpha value is -0.980. The lowest BCUT2D eigenvalue weighted by Gasteiger charge is -2.35. The molecule has 0 aliphatic heterocycles. The van der Waals surface area contributed by atoms with Crippen LogP contribution in [-0.4, -0.2) is 65.8 Å². The fourth-order valence-corrected chi connectivity index (χ4v) is 2.58. The van der Waals surface area contributed by atoms with Gasteiger partial charge in [0.1, 0.15) is 6.54 Å². The van der Waals surface area contributed by atoms with Crippen molar-refractivity contribution in [2.45, 2.75) is 63.6 Å². The predicted molar refractivity (Wildman–Crippen MR) is 81.9 cm³/mol. The van der Waals surface area contributed by atoms with Crippen LogP contribution >= 0.6 is 0 Å². The van der Waals surface area contributed by atoms with Crippen molar-refractivity contribution in [3.8, 4) is 0 Å². The van der Waals surface area contributed by atoms with Crippen LogP contribution in [-0.2, 0) is 9.59 Å². The van der Waals surface area contributed by atoms with Crippen LogP contribution in [0.25, 0.3) is 0 Å². The minimum absolute atomic E-state index is 0.0393. The lowest BCUT2D eigenvalue weighted by Crippen LogP contribution is -2.56. The van der Waals surface area contributed by atoms with Crippen molar-refractivity contribution >= 4 is 11.8 Å². The molecule has 2 unspecified atom stereocenters. The van der Waals surface area contributed by atoms with Gasteiger partial charge in [0.2, 0.25) is 0 Å². The van der Waals surface area contributed by atoms with E-state index in [0.717, 1.165) is 25.7 Å². The quantitative estimate of drug-likeness (QED) is 0.385. The summed E-state index contributed by atoms with van der Waals surface area (Å²) in [6, 6.07) is 0. The van der Waals surface area contributed by atoms with Gasteiger partial charge in [0.25, 0.3) is 0 Å². The maximum atomic E-state index is 12.3. The Bertz CT molecular complexity index is 364. The molecule has 2 atom stereocenters. The molecule has 22 heavy (non-hydrogen) atoms. The maximum Gasteiger partial charge on any atom is 0.177 e. The summed E-state index contributed by atoms with van der Waals surface area (Å²) in [7, 11) is 5.28. The average molecular weight is 317 g/mol. The number of likely N-dealkylation sites (N-methyl/N-ethyl adjacent to an activating group) is 1. The SMILES string of the molecule is CCCCCCC(O)CC(=O)C(O)(CC(=O)[O-])C[N+](C)(C)C. The van der Waals surface area contributed by atoms with E-state index in [9.17, 15) is 24.9 Å². The standard InChI is InChI=1S/C16H31NO5/c1-5-6-7-8-9-13(18)10-14(19)16(22,11-15(20)21)12-17(2,3)4/h13,18,22H,5-12H2,1-4H3. The molecule has 0 rings (SSSR count). The van der Waals surface area contributed by atoms with Gasteiger partial charge in [-0.2, -0.15) is 0 Å². The minimum atomic E-state index is -2.00. The number of carboxylic acid groups (broad SMARTS) is 1. The number of aliphatic hydroxyl groups is 2. The number of hydrogen-bond donors (Lipinski definition) is 2. The van der Waals surface area contributed by atoms with E-state index in [1.807, 2.05) is 0 Å². The van der Waals surface area contributed by atoms with Crippen LogP contribution in [0, 0.1) is 0 Å². The van der Waals surface area contributed by atoms with Gasteiger partial charge in [-0.1, -0.05) is 32.6 Å². The van der Waals surface area contributed by atoms with Crippen LogP contribution in [0.4, 0.5) is 0 Å². The number of aliphatic carboxylic acids is 1. The Morgan fingerprint density at radius 1 is 1.18 bits per heavy atom. The molecule has 0 fully saturated rings. The molecule has 6 heteroatoms. The van der Waals surface area contributed by atoms with Gasteiger partial charge in [-0.15, -0.1) is 0 Å². The van der Waals surface area contributed by atoms with Crippen molar-refractivity contribution in [1.82, 2.24) is 0 Å². The largest absolute Gasteiger partial charge is 0.550 e. The van der Waals surface area contributed by atoms with E-state index in [1.54, 1.807) is 21.1 Å². The Labute approximate surface area is 133 Å². The zero-order valence-electron chi connectivity index (χ0n) is 14.3. The van der Waals surface area contributed by atoms with E-state index in [4.69, 9.17) is 0 Å². The summed E-state index contributed by atoms with van der Waals surface area (Å²) >= 11 is 0. The molecule has 0 aromatic carbocycles. The van der Waals surface area contributed by atoms with Gasteiger partial charge in [-0.25, -0.2) is 0 Å². The molecule has 0 spiro atoms. The molecule has 0 saturated carbocycles. The third-order valence-corrected chi connectivity index (χ3v) is 3.50. The molecule has 2 N–H and O–H groups in total. The van der Waals surface area contributed by atoms with Gasteiger partial charge < -0.3 is 24.6 Å². The fourth-order valence-electron chi connectivity index (χ4n) is 2.58. The van der Waals surface area contributed by atoms with Gasteiger partial charge >= 0.3 is 0 Å². The highest BCUT2D eigenvalue weighted by atomic mass is 16.4. The zero-order chi connectivity index (χ0) is 17.4. The Balaban J connectivity index is 4.66. The molecule has 0 heterocycles. The first-order valence-electron chi connectivity index (χ1n) is 7.94. The van der Waals surface area contributed by atoms with Crippen LogP contribution < -0.4 is 5.11 Å². The number of carboxylic acids is 1. The third kappa shape index (κ3) is 9.12. The van der Waals surface area contributed by atoms with Gasteiger partial charge in [0.05, 0.1) is 27.2 Å². The van der Waals surface area contributed by atoms with Crippen LogP contribution in [0.1, 0.15) is 51.9 Å². The normalized spacial score (nSPS) is 16.1. The second-order valence-electron chi connectivity index (χ2n) is 7.16. The highest BCUT2D eigenvalue weighted by Crippen LogP contribution is 2.20. The van der Waals surface area contributed by atoms with Crippen molar-refractivity contribution in [2.24, 2.45) is 0 Å². The third-order valence-electron chi connectivity index (χ3n) is 3.50. The maximum absolute atomic E-state index is 12.3. The summed E-state index contributed by atoms with van der Waals surface area (Å²) in [5.41, 5.74) is -2.00. The summed E-state index contributed by atoms with van der Waals surface area (Å²) in [5, 5.41) is 31.2. The monoisotopic (exact) mass is 317 g/mol. The number of rotatable bonds is 12. The lowest BCUT2D eigenvalue weighted by atomic mass is 9.88. The van der Waals surface area contributed by atoms with E-state index < -0.39 is 29.9 Å². The van der Waals surface area contributed by atoms with Gasteiger partial charge in [0, 0.05) is 18.8 Å². The highest BCUT2D eigenvalue weighted by molar-refractivity contribution is 5.91. The molecule has 0 aliphatic rings. The number of quaternary nitrogens is 1. The number of Topliss-reactive ketones (excluding diaryl/α,β-unsaturated/α-hetero) is 1. The number of aliphatic hydroxyl groups excluding tert-OH is 1. The number of carbonyl (C=O) groups is 2. The fraction of sp³-hybridized carbons (Fsp3) is 0.875. The van der Waals surface area contributed by atoms with Crippen LogP contribution in [0.2, 0.25) is 0 Å². The summed E-state index contributed by atoms with van der Waals surface area (Å²) < 4.78 is 0.238. The molecule has 0 aromatic rings. The highest BCUT2D eigenvalue weighted by Gasteiger charge is 2.41. The van der Waals surface area contributed by atoms with E-state index in [0.29, 0.717) is 6.42 Å². The smallest absolute Gasteiger partial charge is 0.177 e. The number of carbonyl (C=O) groups excluding carboxylic acids is 2. The van der Waals surface area contributed by atoms with Crippen molar-refractivity contribution in [3.63, 3.8) is 0 Å². The van der Waals surface area contributed by atoms with E-state index >= 15 is 0 Å². The van der Waals surface area contributed by atoms with Crippen molar-refractivity contribution in [1.29, 1.82) is 0 Å². The summed E-state index contributed by atoms with van der Waals surface area (Å²) in [5.74, 6) is -2.10. The number of nitrogens with zero attached hydrogens (tertiary/aromatic N) is 1. The summed E-state index contributed by atoms with van der Waals surface area (Å²) in [6.07, 6.45) is 2.64. The van der Waals surface area contributed by atoms with E-state index in [1.165, 1.54) is 0 Å². The molecule has 0 aliphatic carbocycles. The summed E-state index contributed by atoms with van der Waals surface area (Å²) in [4.78, 5) is 23.1. The topological polar surface area (TPSA) is 97.7 Å². The van der Waals surface area contributed by atoms with Crippen LogP contribution in [0.5, 0.6) is 0 Å². The van der Waals surface area contributed by atoms with Gasteiger partial charge in [-0.05, 0) is 6.42 Å². The number of ketones is 1. The first-order valence-corrected chi connectivity index (χ1v) is 7.94. The Kier molecular flexibility index (Phi) is 8.81. The van der Waals surface area contributed by atoms with Crippen LogP contribution in [0.3, 0.4) is 0 Å². The molecule has 0 aromatic heterocycles. The summed E-state index contributed by atoms with van der Waals surface area (Å²) in [6.45, 7) is 2.05. The molecule has 0 radical (unpaired) electrons. The van der Waals surface area contributed by atoms with E-state index in [2.05, 4.69) is 6.92 Å². The zero-order valence-corrected chi connectivity index (χ0v) is 14.3. The Morgan fingerprint density at radius 2 is 1.77 bits per heavy atom. The lowest BCUT2D eigenvalue weighted by molar-refractivity contribution is -0.875.